The van der Waals surface area contributed by atoms with Crippen LogP contribution in [0.15, 0.2) is 41.8 Å². The predicted octanol–water partition coefficient (Wildman–Crippen LogP) is 4.91. The Labute approximate surface area is 197 Å². The first kappa shape index (κ1) is 22.7. The number of hydrogen-bond donors (Lipinski definition) is 0. The molecule has 176 valence electrons. The number of fused-ring (bicyclic) bond motifs is 1. The molecule has 0 amide bonds. The topological polar surface area (TPSA) is 85.2 Å². The van der Waals surface area contributed by atoms with Crippen LogP contribution in [0.5, 0.6) is 0 Å². The third kappa shape index (κ3) is 4.36. The van der Waals surface area contributed by atoms with Gasteiger partial charge in [0.1, 0.15) is 29.3 Å². The molecule has 2 aliphatic rings. The van der Waals surface area contributed by atoms with Gasteiger partial charge in [-0.1, -0.05) is 25.3 Å². The average molecular weight is 483 g/mol. The van der Waals surface area contributed by atoms with Gasteiger partial charge in [0.2, 0.25) is 0 Å². The fourth-order valence-electron chi connectivity index (χ4n) is 4.76. The first-order valence-corrected chi connectivity index (χ1v) is 13.1. The average Bonchev–Trinajstić information content (AvgIpc) is 3.34. The van der Waals surface area contributed by atoms with Gasteiger partial charge < -0.3 is 0 Å². The zero-order valence-electron chi connectivity index (χ0n) is 18.5. The van der Waals surface area contributed by atoms with Crippen LogP contribution in [0.2, 0.25) is 0 Å². The highest BCUT2D eigenvalue weighted by Gasteiger charge is 2.29. The minimum absolute atomic E-state index is 0.00742. The van der Waals surface area contributed by atoms with Crippen molar-refractivity contribution < 1.29 is 17.2 Å². The molecule has 9 heteroatoms. The second-order valence-corrected chi connectivity index (χ2v) is 11.1. The molecular formula is C25H24F2N4O2S. The highest BCUT2D eigenvalue weighted by Crippen LogP contribution is 2.35. The normalized spacial score (nSPS) is 16.1. The Kier molecular flexibility index (Phi) is 6.20. The summed E-state index contributed by atoms with van der Waals surface area (Å²) in [6.45, 7) is 0. The van der Waals surface area contributed by atoms with Gasteiger partial charge in [0.25, 0.3) is 0 Å². The molecule has 6 nitrogen and oxygen atoms in total. The van der Waals surface area contributed by atoms with Crippen LogP contribution in [0, 0.1) is 11.6 Å². The van der Waals surface area contributed by atoms with Crippen molar-refractivity contribution in [2.75, 3.05) is 0 Å². The van der Waals surface area contributed by atoms with Crippen LogP contribution in [0.4, 0.5) is 14.5 Å². The molecule has 1 fully saturated rings. The molecule has 0 spiro atoms. The monoisotopic (exact) mass is 482 g/mol. The molecule has 0 radical (unpaired) electrons. The van der Waals surface area contributed by atoms with Crippen LogP contribution in [-0.4, -0.2) is 34.8 Å². The van der Waals surface area contributed by atoms with E-state index in [0.717, 1.165) is 31.0 Å². The first-order chi connectivity index (χ1) is 16.4. The van der Waals surface area contributed by atoms with Gasteiger partial charge in [0.05, 0.1) is 22.4 Å². The minimum atomic E-state index is -3.53. The van der Waals surface area contributed by atoms with Gasteiger partial charge in [0, 0.05) is 41.9 Å². The second-order valence-electron chi connectivity index (χ2n) is 8.77. The lowest BCUT2D eigenvalue weighted by molar-refractivity contribution is 0.482. The smallest absolute Gasteiger partial charge is 0.157 e. The van der Waals surface area contributed by atoms with E-state index in [9.17, 15) is 12.8 Å². The molecule has 3 aromatic rings. The Morgan fingerprint density at radius 3 is 2.65 bits per heavy atom. The van der Waals surface area contributed by atoms with E-state index in [1.54, 1.807) is 24.5 Å². The minimum Gasteiger partial charge on any atom is -0.260 e. The van der Waals surface area contributed by atoms with Crippen molar-refractivity contribution in [3.05, 3.63) is 70.9 Å². The summed E-state index contributed by atoms with van der Waals surface area (Å²) in [7, 11) is -3.53. The van der Waals surface area contributed by atoms with Gasteiger partial charge in [-0.2, -0.15) is 0 Å². The Bertz CT molecular complexity index is 1370. The number of nitrogens with zero attached hydrogens (tertiary/aromatic N) is 4. The highest BCUT2D eigenvalue weighted by molar-refractivity contribution is 7.91. The van der Waals surface area contributed by atoms with Gasteiger partial charge in [0.15, 0.2) is 9.84 Å². The van der Waals surface area contributed by atoms with E-state index in [1.165, 1.54) is 12.4 Å². The third-order valence-electron chi connectivity index (χ3n) is 6.58. The Morgan fingerprint density at radius 2 is 1.82 bits per heavy atom. The van der Waals surface area contributed by atoms with Crippen LogP contribution >= 0.6 is 0 Å². The zero-order valence-corrected chi connectivity index (χ0v) is 19.4. The summed E-state index contributed by atoms with van der Waals surface area (Å²) < 4.78 is 56.1. The maximum absolute atomic E-state index is 15.5. The molecular weight excluding hydrogens is 458 g/mol. The molecule has 0 atom stereocenters. The summed E-state index contributed by atoms with van der Waals surface area (Å²) in [4.78, 5) is 17.3. The molecule has 1 aliphatic carbocycles. The van der Waals surface area contributed by atoms with E-state index in [0.29, 0.717) is 41.9 Å². The van der Waals surface area contributed by atoms with Crippen LogP contribution in [0.3, 0.4) is 0 Å². The van der Waals surface area contributed by atoms with E-state index < -0.39 is 32.5 Å². The van der Waals surface area contributed by atoms with E-state index >= 15 is 4.39 Å². The van der Waals surface area contributed by atoms with Crippen molar-refractivity contribution >= 4 is 21.7 Å². The second kappa shape index (κ2) is 9.29. The largest absolute Gasteiger partial charge is 0.260 e. The summed E-state index contributed by atoms with van der Waals surface area (Å²) in [6, 6.07) is 5.89. The molecule has 1 saturated carbocycles. The standard InChI is InChI=1S/C25H24F2N4O2S/c26-20-9-8-16(14-34(32,33)17-5-2-1-3-6-17)23(27)19(20)13-22-18(7-4-11-28-22)24-25-21(10-12-29-25)30-15-31-24/h4,7-9,11-12,15,17H,1-3,5-6,10,13-14H2. The lowest BCUT2D eigenvalue weighted by Crippen LogP contribution is -2.25. The van der Waals surface area contributed by atoms with Gasteiger partial charge in [-0.3, -0.25) is 9.98 Å². The number of halogens is 2. The maximum Gasteiger partial charge on any atom is 0.157 e. The molecule has 0 bridgehead atoms. The van der Waals surface area contributed by atoms with Crippen LogP contribution in [0.1, 0.15) is 54.6 Å². The number of aliphatic imine (C=N–C) groups is 1. The fraction of sp³-hybridized carbons (Fsp3) is 0.360. The first-order valence-electron chi connectivity index (χ1n) is 11.4. The number of aromatic nitrogens is 3. The summed E-state index contributed by atoms with van der Waals surface area (Å²) >= 11 is 0. The molecule has 1 aromatic carbocycles. The van der Waals surface area contributed by atoms with E-state index in [4.69, 9.17) is 0 Å². The SMILES string of the molecule is O=S(=O)(Cc1ccc(F)c(Cc2ncccc2-c2ncnc3c2N=CC3)c1F)C1CCCCC1. The Balaban J connectivity index is 1.49. The van der Waals surface area contributed by atoms with Crippen molar-refractivity contribution in [2.45, 2.75) is 55.9 Å². The summed E-state index contributed by atoms with van der Waals surface area (Å²) in [5, 5.41) is -0.461. The number of pyridine rings is 1. The fourth-order valence-corrected chi connectivity index (χ4v) is 6.70. The van der Waals surface area contributed by atoms with Crippen molar-refractivity contribution in [2.24, 2.45) is 4.99 Å². The number of benzene rings is 1. The molecule has 0 unspecified atom stereocenters. The van der Waals surface area contributed by atoms with Crippen molar-refractivity contribution in [1.82, 2.24) is 15.0 Å². The van der Waals surface area contributed by atoms with Crippen LogP contribution in [-0.2, 0) is 28.4 Å². The zero-order chi connectivity index (χ0) is 23.7. The molecule has 5 rings (SSSR count). The summed E-state index contributed by atoms with van der Waals surface area (Å²) in [6.07, 6.45) is 9.13. The van der Waals surface area contributed by atoms with Crippen molar-refractivity contribution in [3.63, 3.8) is 0 Å². The summed E-state index contributed by atoms with van der Waals surface area (Å²) in [5.41, 5.74) is 2.79. The molecule has 0 saturated heterocycles. The van der Waals surface area contributed by atoms with E-state index in [-0.39, 0.29) is 17.5 Å². The van der Waals surface area contributed by atoms with Gasteiger partial charge in [-0.25, -0.2) is 27.2 Å². The van der Waals surface area contributed by atoms with Crippen LogP contribution < -0.4 is 0 Å². The van der Waals surface area contributed by atoms with Gasteiger partial charge in [-0.15, -0.1) is 0 Å². The molecule has 34 heavy (non-hydrogen) atoms. The van der Waals surface area contributed by atoms with Gasteiger partial charge >= 0.3 is 0 Å². The molecule has 1 aliphatic heterocycles. The van der Waals surface area contributed by atoms with E-state index in [1.807, 2.05) is 0 Å². The van der Waals surface area contributed by atoms with Crippen molar-refractivity contribution in [1.29, 1.82) is 0 Å². The highest BCUT2D eigenvalue weighted by atomic mass is 32.2. The number of sulfone groups is 1. The third-order valence-corrected chi connectivity index (χ3v) is 8.78. The number of hydrogen-bond acceptors (Lipinski definition) is 6. The predicted molar refractivity (Wildman–Crippen MR) is 126 cm³/mol. The Hall–Kier alpha value is -3.07. The lowest BCUT2D eigenvalue weighted by atomic mass is 9.99. The van der Waals surface area contributed by atoms with Crippen molar-refractivity contribution in [3.8, 4) is 11.3 Å². The Morgan fingerprint density at radius 1 is 1.00 bits per heavy atom. The molecule has 2 aromatic heterocycles. The van der Waals surface area contributed by atoms with Crippen LogP contribution in [0.25, 0.3) is 11.3 Å². The maximum atomic E-state index is 15.5. The summed E-state index contributed by atoms with van der Waals surface area (Å²) in [5.74, 6) is -2.00. The lowest BCUT2D eigenvalue weighted by Gasteiger charge is -2.22. The number of rotatable bonds is 6. The molecule has 0 N–H and O–H groups in total. The molecule has 3 heterocycles. The quantitative estimate of drug-likeness (QED) is 0.498. The van der Waals surface area contributed by atoms with Gasteiger partial charge in [-0.05, 0) is 31.0 Å². The van der Waals surface area contributed by atoms with E-state index in [2.05, 4.69) is 19.9 Å².